The van der Waals surface area contributed by atoms with E-state index in [-0.39, 0.29) is 11.4 Å². The molecule has 0 radical (unpaired) electrons. The van der Waals surface area contributed by atoms with Crippen LogP contribution in [0.4, 0.5) is 4.39 Å². The van der Waals surface area contributed by atoms with E-state index in [1.165, 1.54) is 23.5 Å². The summed E-state index contributed by atoms with van der Waals surface area (Å²) in [4.78, 5) is 19.1. The Morgan fingerprint density at radius 3 is 2.34 bits per heavy atom. The van der Waals surface area contributed by atoms with E-state index in [4.69, 9.17) is 4.98 Å². The van der Waals surface area contributed by atoms with Crippen LogP contribution in [-0.2, 0) is 13.0 Å². The van der Waals surface area contributed by atoms with E-state index in [0.717, 1.165) is 32.6 Å². The van der Waals surface area contributed by atoms with Crippen molar-refractivity contribution in [1.29, 1.82) is 0 Å². The average molecular weight is 441 g/mol. The molecule has 0 unspecified atom stereocenters. The highest BCUT2D eigenvalue weighted by Crippen LogP contribution is 2.32. The van der Waals surface area contributed by atoms with Crippen molar-refractivity contribution in [3.05, 3.63) is 112 Å². The lowest BCUT2D eigenvalue weighted by molar-refractivity contribution is 0.620. The zero-order valence-corrected chi connectivity index (χ0v) is 18.4. The van der Waals surface area contributed by atoms with E-state index in [2.05, 4.69) is 24.3 Å². The van der Waals surface area contributed by atoms with Gasteiger partial charge in [0.1, 0.15) is 16.5 Å². The molecule has 0 bridgehead atoms. The van der Waals surface area contributed by atoms with Crippen molar-refractivity contribution in [1.82, 2.24) is 9.55 Å². The Morgan fingerprint density at radius 1 is 0.906 bits per heavy atom. The summed E-state index contributed by atoms with van der Waals surface area (Å²) in [6, 6.07) is 24.8. The van der Waals surface area contributed by atoms with E-state index in [1.54, 1.807) is 10.6 Å². The van der Waals surface area contributed by atoms with Gasteiger partial charge in [-0.05, 0) is 34.4 Å². The number of halogens is 1. The number of fused-ring (bicyclic) bond motifs is 1. The number of thiophene rings is 1. The SMILES string of the molecule is CCc1nc2scc(-c3ccc(-c4ccccc4)cc3)c2c(=O)n1Cc1cccc(F)c1. The Hall–Kier alpha value is -3.57. The fourth-order valence-electron chi connectivity index (χ4n) is 4.00. The van der Waals surface area contributed by atoms with Crippen LogP contribution in [0.1, 0.15) is 18.3 Å². The molecule has 3 nitrogen and oxygen atoms in total. The van der Waals surface area contributed by atoms with Gasteiger partial charge in [-0.3, -0.25) is 9.36 Å². The average Bonchev–Trinajstić information content (AvgIpc) is 3.26. The van der Waals surface area contributed by atoms with Crippen molar-refractivity contribution in [2.45, 2.75) is 19.9 Å². The van der Waals surface area contributed by atoms with Gasteiger partial charge in [0.2, 0.25) is 0 Å². The van der Waals surface area contributed by atoms with E-state index < -0.39 is 0 Å². The number of benzene rings is 3. The van der Waals surface area contributed by atoms with Crippen LogP contribution in [0.15, 0.2) is 89.0 Å². The second kappa shape index (κ2) is 8.52. The van der Waals surface area contributed by atoms with Crippen LogP contribution in [-0.4, -0.2) is 9.55 Å². The Labute approximate surface area is 189 Å². The van der Waals surface area contributed by atoms with Gasteiger partial charge in [0, 0.05) is 17.4 Å². The number of nitrogens with zero attached hydrogens (tertiary/aromatic N) is 2. The number of hydrogen-bond donors (Lipinski definition) is 0. The van der Waals surface area contributed by atoms with Crippen molar-refractivity contribution in [2.75, 3.05) is 0 Å². The lowest BCUT2D eigenvalue weighted by atomic mass is 10.0. The lowest BCUT2D eigenvalue weighted by Crippen LogP contribution is -2.25. The van der Waals surface area contributed by atoms with Gasteiger partial charge < -0.3 is 0 Å². The van der Waals surface area contributed by atoms with Crippen LogP contribution in [0.3, 0.4) is 0 Å². The molecular weight excluding hydrogens is 419 g/mol. The summed E-state index contributed by atoms with van der Waals surface area (Å²) in [6.07, 6.45) is 0.625. The van der Waals surface area contributed by atoms with Crippen molar-refractivity contribution in [3.8, 4) is 22.3 Å². The molecule has 0 saturated heterocycles. The molecule has 3 aromatic carbocycles. The van der Waals surface area contributed by atoms with Gasteiger partial charge in [-0.25, -0.2) is 9.37 Å². The minimum atomic E-state index is -0.308. The largest absolute Gasteiger partial charge is 0.292 e. The highest BCUT2D eigenvalue weighted by Gasteiger charge is 2.17. The molecule has 0 fully saturated rings. The number of aromatic nitrogens is 2. The van der Waals surface area contributed by atoms with E-state index in [1.807, 2.05) is 48.7 Å². The molecule has 32 heavy (non-hydrogen) atoms. The van der Waals surface area contributed by atoms with Crippen molar-refractivity contribution in [2.24, 2.45) is 0 Å². The topological polar surface area (TPSA) is 34.9 Å². The molecule has 5 heteroatoms. The van der Waals surface area contributed by atoms with Crippen molar-refractivity contribution < 1.29 is 4.39 Å². The summed E-state index contributed by atoms with van der Waals surface area (Å²) in [5.41, 5.74) is 4.81. The van der Waals surface area contributed by atoms with Crippen LogP contribution < -0.4 is 5.56 Å². The van der Waals surface area contributed by atoms with E-state index in [9.17, 15) is 9.18 Å². The Kier molecular flexibility index (Phi) is 5.41. The lowest BCUT2D eigenvalue weighted by Gasteiger charge is -2.12. The number of rotatable bonds is 5. The molecule has 5 rings (SSSR count). The molecule has 5 aromatic rings. The smallest absolute Gasteiger partial charge is 0.263 e. The first kappa shape index (κ1) is 20.3. The molecule has 0 aliphatic carbocycles. The highest BCUT2D eigenvalue weighted by molar-refractivity contribution is 7.17. The van der Waals surface area contributed by atoms with Crippen LogP contribution >= 0.6 is 11.3 Å². The fourth-order valence-corrected chi connectivity index (χ4v) is 4.96. The third kappa shape index (κ3) is 3.76. The van der Waals surface area contributed by atoms with Gasteiger partial charge >= 0.3 is 0 Å². The standard InChI is InChI=1S/C27H21FN2OS/c1-2-24-29-26-25(27(31)30(24)16-18-7-6-10-22(28)15-18)23(17-32-26)21-13-11-20(12-14-21)19-8-4-3-5-9-19/h3-15,17H,2,16H2,1H3. The molecule has 0 amide bonds. The summed E-state index contributed by atoms with van der Waals surface area (Å²) < 4.78 is 15.4. The van der Waals surface area contributed by atoms with Gasteiger partial charge in [-0.2, -0.15) is 0 Å². The molecule has 0 aliphatic rings. The molecule has 0 saturated carbocycles. The minimum Gasteiger partial charge on any atom is -0.292 e. The molecule has 0 aliphatic heterocycles. The first-order valence-corrected chi connectivity index (χ1v) is 11.4. The Morgan fingerprint density at radius 2 is 1.62 bits per heavy atom. The molecule has 0 spiro atoms. The predicted molar refractivity (Wildman–Crippen MR) is 130 cm³/mol. The van der Waals surface area contributed by atoms with E-state index in [0.29, 0.717) is 24.2 Å². The zero-order chi connectivity index (χ0) is 22.1. The second-order valence-corrected chi connectivity index (χ2v) is 8.53. The number of aryl methyl sites for hydroxylation is 1. The van der Waals surface area contributed by atoms with Gasteiger partial charge in [0.15, 0.2) is 0 Å². The van der Waals surface area contributed by atoms with Gasteiger partial charge in [0.25, 0.3) is 5.56 Å². The van der Waals surface area contributed by atoms with Gasteiger partial charge in [-0.15, -0.1) is 11.3 Å². The van der Waals surface area contributed by atoms with Crippen molar-refractivity contribution in [3.63, 3.8) is 0 Å². The zero-order valence-electron chi connectivity index (χ0n) is 17.6. The first-order chi connectivity index (χ1) is 15.6. The monoisotopic (exact) mass is 440 g/mol. The fraction of sp³-hybridized carbons (Fsp3) is 0.111. The summed E-state index contributed by atoms with van der Waals surface area (Å²) >= 11 is 1.49. The third-order valence-corrected chi connectivity index (χ3v) is 6.49. The van der Waals surface area contributed by atoms with Crippen LogP contribution in [0, 0.1) is 5.82 Å². The number of hydrogen-bond acceptors (Lipinski definition) is 3. The van der Waals surface area contributed by atoms with Gasteiger partial charge in [-0.1, -0.05) is 73.7 Å². The summed E-state index contributed by atoms with van der Waals surface area (Å²) in [7, 11) is 0. The normalized spacial score (nSPS) is 11.2. The maximum Gasteiger partial charge on any atom is 0.263 e. The summed E-state index contributed by atoms with van der Waals surface area (Å²) in [5, 5.41) is 2.62. The molecule has 0 N–H and O–H groups in total. The second-order valence-electron chi connectivity index (χ2n) is 7.68. The molecule has 2 heterocycles. The molecule has 158 valence electrons. The summed E-state index contributed by atoms with van der Waals surface area (Å²) in [6.45, 7) is 2.28. The highest BCUT2D eigenvalue weighted by atomic mass is 32.1. The molecule has 2 aromatic heterocycles. The van der Waals surface area contributed by atoms with Crippen LogP contribution in [0.2, 0.25) is 0 Å². The van der Waals surface area contributed by atoms with Crippen molar-refractivity contribution >= 4 is 21.6 Å². The maximum absolute atomic E-state index is 13.7. The Balaban J connectivity index is 1.60. The minimum absolute atomic E-state index is 0.0838. The van der Waals surface area contributed by atoms with E-state index >= 15 is 0 Å². The van der Waals surface area contributed by atoms with Crippen LogP contribution in [0.25, 0.3) is 32.5 Å². The molecular formula is C27H21FN2OS. The van der Waals surface area contributed by atoms with Crippen LogP contribution in [0.5, 0.6) is 0 Å². The Bertz CT molecular complexity index is 1450. The van der Waals surface area contributed by atoms with Gasteiger partial charge in [0.05, 0.1) is 11.9 Å². The first-order valence-electron chi connectivity index (χ1n) is 10.5. The maximum atomic E-state index is 13.7. The summed E-state index contributed by atoms with van der Waals surface area (Å²) in [5.74, 6) is 0.400. The quantitative estimate of drug-likeness (QED) is 0.311. The predicted octanol–water partition coefficient (Wildman–Crippen LogP) is 6.54. The third-order valence-electron chi connectivity index (χ3n) is 5.62. The molecule has 0 atom stereocenters.